The van der Waals surface area contributed by atoms with Gasteiger partial charge in [0.15, 0.2) is 0 Å². The summed E-state index contributed by atoms with van der Waals surface area (Å²) in [5, 5.41) is 0. The normalized spacial score (nSPS) is 27.5. The van der Waals surface area contributed by atoms with Crippen molar-refractivity contribution in [2.45, 2.75) is 65.4 Å². The topological polar surface area (TPSA) is 9.23 Å². The lowest BCUT2D eigenvalue weighted by molar-refractivity contribution is -0.0471. The Balaban J connectivity index is 2.24. The highest BCUT2D eigenvalue weighted by atomic mass is 16.5. The average Bonchev–Trinajstić information content (AvgIpc) is 2.36. The molecule has 1 aliphatic carbocycles. The van der Waals surface area contributed by atoms with Gasteiger partial charge in [-0.15, -0.1) is 0 Å². The first kappa shape index (κ1) is 14.6. The number of benzene rings is 1. The molecule has 1 saturated carbocycles. The van der Waals surface area contributed by atoms with Crippen molar-refractivity contribution < 1.29 is 4.74 Å². The van der Waals surface area contributed by atoms with Crippen LogP contribution in [-0.2, 0) is 11.2 Å². The zero-order valence-corrected chi connectivity index (χ0v) is 13.2. The van der Waals surface area contributed by atoms with Crippen molar-refractivity contribution in [3.8, 4) is 0 Å². The summed E-state index contributed by atoms with van der Waals surface area (Å²) in [7, 11) is 1.90. The Morgan fingerprint density at radius 2 is 1.63 bits per heavy atom. The second kappa shape index (κ2) is 5.66. The number of ether oxygens (including phenoxy) is 1. The minimum Gasteiger partial charge on any atom is -0.378 e. The highest BCUT2D eigenvalue weighted by molar-refractivity contribution is 5.38. The van der Waals surface area contributed by atoms with Gasteiger partial charge in [-0.1, -0.05) is 24.6 Å². The first-order valence-corrected chi connectivity index (χ1v) is 7.58. The van der Waals surface area contributed by atoms with Gasteiger partial charge in [-0.2, -0.15) is 0 Å². The van der Waals surface area contributed by atoms with Crippen LogP contribution >= 0.6 is 0 Å². The molecule has 19 heavy (non-hydrogen) atoms. The fourth-order valence-electron chi connectivity index (χ4n) is 3.55. The van der Waals surface area contributed by atoms with Crippen LogP contribution in [0, 0.1) is 26.7 Å². The summed E-state index contributed by atoms with van der Waals surface area (Å²) in [6.45, 7) is 9.02. The lowest BCUT2D eigenvalue weighted by atomic mass is 9.75. The van der Waals surface area contributed by atoms with Gasteiger partial charge in [0.2, 0.25) is 0 Å². The van der Waals surface area contributed by atoms with E-state index in [1.165, 1.54) is 47.9 Å². The second-order valence-electron chi connectivity index (χ2n) is 6.62. The molecule has 1 nitrogen and oxygen atoms in total. The van der Waals surface area contributed by atoms with Crippen LogP contribution in [0.5, 0.6) is 0 Å². The Labute approximate surface area is 118 Å². The molecule has 0 saturated heterocycles. The molecule has 1 heteroatoms. The van der Waals surface area contributed by atoms with E-state index in [4.69, 9.17) is 4.74 Å². The van der Waals surface area contributed by atoms with Crippen molar-refractivity contribution in [2.24, 2.45) is 5.92 Å². The third kappa shape index (κ3) is 3.20. The van der Waals surface area contributed by atoms with Gasteiger partial charge < -0.3 is 4.74 Å². The van der Waals surface area contributed by atoms with E-state index in [0.29, 0.717) is 0 Å². The fraction of sp³-hybridized carbons (Fsp3) is 0.667. The van der Waals surface area contributed by atoms with Crippen LogP contribution in [-0.4, -0.2) is 12.7 Å². The molecule has 0 heterocycles. The Hall–Kier alpha value is -0.820. The molecule has 1 aromatic carbocycles. The standard InChI is InChI=1S/C18H28O/c1-13-6-8-18(19-5,9-7-13)12-17-15(3)10-14(2)11-16(17)4/h10-11,13H,6-9,12H2,1-5H3. The lowest BCUT2D eigenvalue weighted by Gasteiger charge is -2.39. The van der Waals surface area contributed by atoms with E-state index < -0.39 is 0 Å². The molecule has 0 unspecified atom stereocenters. The summed E-state index contributed by atoms with van der Waals surface area (Å²) in [5.74, 6) is 0.864. The van der Waals surface area contributed by atoms with Crippen molar-refractivity contribution in [3.63, 3.8) is 0 Å². The Morgan fingerprint density at radius 1 is 1.11 bits per heavy atom. The number of rotatable bonds is 3. The maximum Gasteiger partial charge on any atom is 0.0719 e. The van der Waals surface area contributed by atoms with E-state index in [-0.39, 0.29) is 5.60 Å². The summed E-state index contributed by atoms with van der Waals surface area (Å²) < 4.78 is 5.97. The predicted molar refractivity (Wildman–Crippen MR) is 81.7 cm³/mol. The molecule has 0 N–H and O–H groups in total. The third-order valence-corrected chi connectivity index (χ3v) is 4.96. The summed E-state index contributed by atoms with van der Waals surface area (Å²) in [6.07, 6.45) is 6.10. The number of hydrogen-bond donors (Lipinski definition) is 0. The van der Waals surface area contributed by atoms with Crippen molar-refractivity contribution in [1.29, 1.82) is 0 Å². The van der Waals surface area contributed by atoms with E-state index >= 15 is 0 Å². The molecule has 1 aliphatic rings. The third-order valence-electron chi connectivity index (χ3n) is 4.96. The van der Waals surface area contributed by atoms with Gasteiger partial charge in [-0.3, -0.25) is 0 Å². The molecule has 0 spiro atoms. The summed E-state index contributed by atoms with van der Waals surface area (Å²) in [6, 6.07) is 4.61. The first-order valence-electron chi connectivity index (χ1n) is 7.58. The Kier molecular flexibility index (Phi) is 4.35. The molecule has 1 aromatic rings. The molecular weight excluding hydrogens is 232 g/mol. The number of methoxy groups -OCH3 is 1. The zero-order chi connectivity index (χ0) is 14.0. The van der Waals surface area contributed by atoms with Crippen LogP contribution in [0.2, 0.25) is 0 Å². The Morgan fingerprint density at radius 3 is 2.11 bits per heavy atom. The monoisotopic (exact) mass is 260 g/mol. The van der Waals surface area contributed by atoms with E-state index in [1.54, 1.807) is 0 Å². The summed E-state index contributed by atoms with van der Waals surface area (Å²) in [5.41, 5.74) is 5.79. The minimum absolute atomic E-state index is 0.0806. The minimum atomic E-state index is 0.0806. The van der Waals surface area contributed by atoms with Crippen molar-refractivity contribution in [1.82, 2.24) is 0 Å². The van der Waals surface area contributed by atoms with Crippen molar-refractivity contribution in [3.05, 3.63) is 34.4 Å². The molecule has 1 fully saturated rings. The summed E-state index contributed by atoms with van der Waals surface area (Å²) in [4.78, 5) is 0. The molecule has 106 valence electrons. The second-order valence-corrected chi connectivity index (χ2v) is 6.62. The SMILES string of the molecule is COC1(Cc2c(C)cc(C)cc2C)CCC(C)CC1. The van der Waals surface area contributed by atoms with Gasteiger partial charge in [-0.05, 0) is 69.1 Å². The first-order chi connectivity index (χ1) is 8.96. The molecular formula is C18H28O. The maximum absolute atomic E-state index is 5.97. The fourth-order valence-corrected chi connectivity index (χ4v) is 3.55. The van der Waals surface area contributed by atoms with Crippen LogP contribution in [0.1, 0.15) is 54.9 Å². The largest absolute Gasteiger partial charge is 0.378 e. The van der Waals surface area contributed by atoms with Gasteiger partial charge in [0.1, 0.15) is 0 Å². The zero-order valence-electron chi connectivity index (χ0n) is 13.2. The van der Waals surface area contributed by atoms with Gasteiger partial charge >= 0.3 is 0 Å². The van der Waals surface area contributed by atoms with E-state index in [0.717, 1.165) is 12.3 Å². The van der Waals surface area contributed by atoms with Crippen molar-refractivity contribution >= 4 is 0 Å². The van der Waals surface area contributed by atoms with Crippen LogP contribution in [0.15, 0.2) is 12.1 Å². The van der Waals surface area contributed by atoms with E-state index in [2.05, 4.69) is 39.8 Å². The highest BCUT2D eigenvalue weighted by Crippen LogP contribution is 2.38. The van der Waals surface area contributed by atoms with Crippen LogP contribution in [0.3, 0.4) is 0 Å². The quantitative estimate of drug-likeness (QED) is 0.762. The highest BCUT2D eigenvalue weighted by Gasteiger charge is 2.34. The summed E-state index contributed by atoms with van der Waals surface area (Å²) >= 11 is 0. The molecule has 2 rings (SSSR count). The predicted octanol–water partition coefficient (Wildman–Crippen LogP) is 4.75. The molecule has 0 aliphatic heterocycles. The molecule has 0 radical (unpaired) electrons. The molecule has 0 atom stereocenters. The maximum atomic E-state index is 5.97. The smallest absolute Gasteiger partial charge is 0.0719 e. The van der Waals surface area contributed by atoms with Gasteiger partial charge in [-0.25, -0.2) is 0 Å². The van der Waals surface area contributed by atoms with Crippen LogP contribution in [0.4, 0.5) is 0 Å². The number of aryl methyl sites for hydroxylation is 3. The Bertz CT molecular complexity index is 416. The molecule has 0 amide bonds. The van der Waals surface area contributed by atoms with E-state index in [9.17, 15) is 0 Å². The number of hydrogen-bond acceptors (Lipinski definition) is 1. The van der Waals surface area contributed by atoms with Gasteiger partial charge in [0, 0.05) is 13.5 Å². The lowest BCUT2D eigenvalue weighted by Crippen LogP contribution is -2.38. The average molecular weight is 260 g/mol. The molecule has 0 aromatic heterocycles. The van der Waals surface area contributed by atoms with Crippen LogP contribution < -0.4 is 0 Å². The molecule has 0 bridgehead atoms. The van der Waals surface area contributed by atoms with Crippen molar-refractivity contribution in [2.75, 3.05) is 7.11 Å². The van der Waals surface area contributed by atoms with Gasteiger partial charge in [0.05, 0.1) is 5.60 Å². The van der Waals surface area contributed by atoms with Gasteiger partial charge in [0.25, 0.3) is 0 Å². The van der Waals surface area contributed by atoms with E-state index in [1.807, 2.05) is 7.11 Å². The van der Waals surface area contributed by atoms with Crippen LogP contribution in [0.25, 0.3) is 0 Å².